The van der Waals surface area contributed by atoms with Crippen LogP contribution in [0, 0.1) is 24.4 Å². The molecule has 0 saturated heterocycles. The Balaban J connectivity index is 0.00000139. The molecule has 0 aliphatic heterocycles. The Hall–Kier alpha value is -1.97. The van der Waals surface area contributed by atoms with Crippen molar-refractivity contribution in [3.05, 3.63) is 58.9 Å². The van der Waals surface area contributed by atoms with Crippen LogP contribution in [-0.2, 0) is 0 Å². The third-order valence-corrected chi connectivity index (χ3v) is 3.87. The fourth-order valence-corrected chi connectivity index (χ4v) is 2.58. The molecule has 0 heterocycles. The minimum absolute atomic E-state index is 0.0595. The van der Waals surface area contributed by atoms with Crippen LogP contribution in [0.15, 0.2) is 30.3 Å². The van der Waals surface area contributed by atoms with Crippen LogP contribution in [0.2, 0.25) is 0 Å². The number of benzene rings is 2. The third-order valence-electron chi connectivity index (χ3n) is 3.87. The van der Waals surface area contributed by atoms with E-state index in [1.807, 2.05) is 32.9 Å². The lowest BCUT2D eigenvalue weighted by Gasteiger charge is -2.17. The molecule has 0 aromatic heterocycles. The maximum Gasteiger partial charge on any atom is 0.194 e. The Bertz CT molecular complexity index is 641. The van der Waals surface area contributed by atoms with Crippen molar-refractivity contribution in [1.29, 1.82) is 0 Å². The highest BCUT2D eigenvalue weighted by Crippen LogP contribution is 2.32. The number of aryl methyl sites for hydroxylation is 1. The highest BCUT2D eigenvalue weighted by Gasteiger charge is 2.14. The van der Waals surface area contributed by atoms with Crippen LogP contribution in [0.3, 0.4) is 0 Å². The highest BCUT2D eigenvalue weighted by molar-refractivity contribution is 5.40. The van der Waals surface area contributed by atoms with Gasteiger partial charge in [0.1, 0.15) is 11.5 Å². The zero-order valence-corrected chi connectivity index (χ0v) is 14.9. The van der Waals surface area contributed by atoms with Gasteiger partial charge in [-0.2, -0.15) is 0 Å². The second kappa shape index (κ2) is 9.36. The molecule has 2 rings (SSSR count). The van der Waals surface area contributed by atoms with Crippen molar-refractivity contribution in [1.82, 2.24) is 0 Å². The molecule has 2 aromatic carbocycles. The van der Waals surface area contributed by atoms with Crippen molar-refractivity contribution < 1.29 is 17.9 Å². The first-order chi connectivity index (χ1) is 11.5. The van der Waals surface area contributed by atoms with E-state index in [2.05, 4.69) is 13.8 Å². The molecule has 0 spiro atoms. The monoisotopic (exact) mass is 338 g/mol. The number of ether oxygens (including phenoxy) is 1. The molecule has 0 atom stereocenters. The minimum Gasteiger partial charge on any atom is -0.457 e. The summed E-state index contributed by atoms with van der Waals surface area (Å²) in [5, 5.41) is 0. The van der Waals surface area contributed by atoms with E-state index in [1.54, 1.807) is 6.07 Å². The summed E-state index contributed by atoms with van der Waals surface area (Å²) in [4.78, 5) is 0. The van der Waals surface area contributed by atoms with Gasteiger partial charge in [0, 0.05) is 12.1 Å². The molecule has 0 aliphatic carbocycles. The first kappa shape index (κ1) is 20.1. The number of hydrogen-bond acceptors (Lipinski definition) is 1. The standard InChI is InChI=1S/C18H19F3O.C2H6/c1-4-12(5-2)15-8-13(7-6-11(15)3)22-14-9-16(19)18(21)17(20)10-14;1-2/h6-10,12H,4-5H2,1-3H3;1-2H3. The van der Waals surface area contributed by atoms with Crippen LogP contribution >= 0.6 is 0 Å². The topological polar surface area (TPSA) is 9.23 Å². The van der Waals surface area contributed by atoms with Crippen molar-refractivity contribution >= 4 is 0 Å². The molecule has 0 fully saturated rings. The normalized spacial score (nSPS) is 10.4. The van der Waals surface area contributed by atoms with E-state index in [9.17, 15) is 13.2 Å². The highest BCUT2D eigenvalue weighted by atomic mass is 19.2. The van der Waals surface area contributed by atoms with Gasteiger partial charge >= 0.3 is 0 Å². The Morgan fingerprint density at radius 1 is 0.875 bits per heavy atom. The molecule has 4 heteroatoms. The molecule has 0 saturated carbocycles. The Kier molecular flexibility index (Phi) is 7.83. The fourth-order valence-electron chi connectivity index (χ4n) is 2.58. The van der Waals surface area contributed by atoms with Crippen molar-refractivity contribution in [3.63, 3.8) is 0 Å². The minimum atomic E-state index is -1.49. The van der Waals surface area contributed by atoms with Crippen LogP contribution in [0.25, 0.3) is 0 Å². The predicted molar refractivity (Wildman–Crippen MR) is 92.2 cm³/mol. The van der Waals surface area contributed by atoms with Gasteiger partial charge < -0.3 is 4.74 Å². The van der Waals surface area contributed by atoms with Gasteiger partial charge in [0.2, 0.25) is 0 Å². The quantitative estimate of drug-likeness (QED) is 0.527. The van der Waals surface area contributed by atoms with Gasteiger partial charge in [-0.05, 0) is 48.9 Å². The van der Waals surface area contributed by atoms with Gasteiger partial charge in [0.25, 0.3) is 0 Å². The van der Waals surface area contributed by atoms with E-state index in [1.165, 1.54) is 0 Å². The first-order valence-electron chi connectivity index (χ1n) is 8.39. The van der Waals surface area contributed by atoms with Gasteiger partial charge in [0.05, 0.1) is 0 Å². The molecular formula is C20H25F3O. The molecule has 0 radical (unpaired) electrons. The average molecular weight is 338 g/mol. The lowest BCUT2D eigenvalue weighted by molar-refractivity contribution is 0.423. The zero-order chi connectivity index (χ0) is 18.3. The van der Waals surface area contributed by atoms with E-state index < -0.39 is 17.5 Å². The van der Waals surface area contributed by atoms with Gasteiger partial charge in [0.15, 0.2) is 17.5 Å². The lowest BCUT2D eigenvalue weighted by atomic mass is 9.90. The molecule has 0 aliphatic rings. The molecule has 0 amide bonds. The zero-order valence-electron chi connectivity index (χ0n) is 14.9. The van der Waals surface area contributed by atoms with Gasteiger partial charge in [-0.25, -0.2) is 13.2 Å². The van der Waals surface area contributed by atoms with E-state index >= 15 is 0 Å². The molecule has 24 heavy (non-hydrogen) atoms. The maximum atomic E-state index is 13.2. The molecular weight excluding hydrogens is 313 g/mol. The van der Waals surface area contributed by atoms with Crippen molar-refractivity contribution in [2.75, 3.05) is 0 Å². The Morgan fingerprint density at radius 3 is 1.92 bits per heavy atom. The summed E-state index contributed by atoms with van der Waals surface area (Å²) < 4.78 is 44.9. The molecule has 0 unspecified atom stereocenters. The van der Waals surface area contributed by atoms with Crippen molar-refractivity contribution in [2.24, 2.45) is 0 Å². The van der Waals surface area contributed by atoms with E-state index in [0.717, 1.165) is 36.1 Å². The predicted octanol–water partition coefficient (Wildman–Crippen LogP) is 7.13. The van der Waals surface area contributed by atoms with Crippen molar-refractivity contribution in [3.8, 4) is 11.5 Å². The molecule has 0 bridgehead atoms. The molecule has 2 aromatic rings. The van der Waals surface area contributed by atoms with E-state index in [4.69, 9.17) is 4.74 Å². The van der Waals surface area contributed by atoms with E-state index in [0.29, 0.717) is 11.7 Å². The summed E-state index contributed by atoms with van der Waals surface area (Å²) in [7, 11) is 0. The van der Waals surface area contributed by atoms with Crippen LogP contribution in [-0.4, -0.2) is 0 Å². The first-order valence-corrected chi connectivity index (χ1v) is 8.39. The summed E-state index contributed by atoms with van der Waals surface area (Å²) >= 11 is 0. The molecule has 0 N–H and O–H groups in total. The van der Waals surface area contributed by atoms with Crippen molar-refractivity contribution in [2.45, 2.75) is 53.4 Å². The number of hydrogen-bond donors (Lipinski definition) is 0. The van der Waals surface area contributed by atoms with Gasteiger partial charge in [-0.3, -0.25) is 0 Å². The Labute approximate surface area is 142 Å². The van der Waals surface area contributed by atoms with Gasteiger partial charge in [-0.1, -0.05) is 33.8 Å². The lowest BCUT2D eigenvalue weighted by Crippen LogP contribution is -1.99. The average Bonchev–Trinajstić information content (AvgIpc) is 2.58. The summed E-state index contributed by atoms with van der Waals surface area (Å²) in [6.07, 6.45) is 2.00. The van der Waals surface area contributed by atoms with Crippen LogP contribution in [0.1, 0.15) is 57.6 Å². The Morgan fingerprint density at radius 2 is 1.42 bits per heavy atom. The van der Waals surface area contributed by atoms with Crippen LogP contribution in [0.5, 0.6) is 11.5 Å². The summed E-state index contributed by atoms with van der Waals surface area (Å²) in [6.45, 7) is 10.3. The summed E-state index contributed by atoms with van der Waals surface area (Å²) in [5.74, 6) is -3.18. The largest absolute Gasteiger partial charge is 0.457 e. The SMILES string of the molecule is CC.CCC(CC)c1cc(Oc2cc(F)c(F)c(F)c2)ccc1C. The van der Waals surface area contributed by atoms with Crippen LogP contribution in [0.4, 0.5) is 13.2 Å². The van der Waals surface area contributed by atoms with Gasteiger partial charge in [-0.15, -0.1) is 0 Å². The van der Waals surface area contributed by atoms with E-state index in [-0.39, 0.29) is 5.75 Å². The second-order valence-electron chi connectivity index (χ2n) is 5.33. The number of halogens is 3. The maximum absolute atomic E-state index is 13.2. The second-order valence-corrected chi connectivity index (χ2v) is 5.33. The fraction of sp³-hybridized carbons (Fsp3) is 0.400. The summed E-state index contributed by atoms with van der Waals surface area (Å²) in [5.41, 5.74) is 2.31. The third kappa shape index (κ3) is 4.76. The molecule has 1 nitrogen and oxygen atoms in total. The van der Waals surface area contributed by atoms with Crippen LogP contribution < -0.4 is 4.74 Å². The number of rotatable bonds is 5. The molecule has 132 valence electrons. The smallest absolute Gasteiger partial charge is 0.194 e. The summed E-state index contributed by atoms with van der Waals surface area (Å²) in [6, 6.07) is 7.22.